The zero-order valence-corrected chi connectivity index (χ0v) is 9.10. The van der Waals surface area contributed by atoms with E-state index in [-0.39, 0.29) is 5.37 Å². The fraction of sp³-hybridized carbons (Fsp3) is 0.222. The van der Waals surface area contributed by atoms with Crippen molar-refractivity contribution in [2.24, 2.45) is 0 Å². The van der Waals surface area contributed by atoms with Crippen molar-refractivity contribution in [2.75, 3.05) is 0 Å². The minimum atomic E-state index is -0.382. The van der Waals surface area contributed by atoms with Crippen LogP contribution in [0, 0.1) is 0 Å². The second kappa shape index (κ2) is 3.31. The third kappa shape index (κ3) is 1.71. The van der Waals surface area contributed by atoms with Crippen molar-refractivity contribution in [1.29, 1.82) is 0 Å². The molecule has 0 fully saturated rings. The first-order valence-corrected chi connectivity index (χ1v) is 5.05. The Labute approximate surface area is 89.6 Å². The van der Waals surface area contributed by atoms with Crippen molar-refractivity contribution >= 4 is 32.9 Å². The molecule has 13 heavy (non-hydrogen) atoms. The largest absolute Gasteiger partial charge is 0.321 e. The molecule has 0 radical (unpaired) electrons. The predicted molar refractivity (Wildman–Crippen MR) is 54.6 cm³/mol. The number of carbonyl (C=O) groups is 1. The van der Waals surface area contributed by atoms with Crippen molar-refractivity contribution in [1.82, 2.24) is 4.90 Å². The van der Waals surface area contributed by atoms with Crippen LogP contribution in [0.15, 0.2) is 22.7 Å². The van der Waals surface area contributed by atoms with Gasteiger partial charge in [-0.1, -0.05) is 22.0 Å². The van der Waals surface area contributed by atoms with E-state index in [2.05, 4.69) is 15.9 Å². The molecule has 68 valence electrons. The van der Waals surface area contributed by atoms with Crippen molar-refractivity contribution in [3.8, 4) is 0 Å². The summed E-state index contributed by atoms with van der Waals surface area (Å²) in [7, 11) is 0. The van der Waals surface area contributed by atoms with Crippen LogP contribution in [0.2, 0.25) is 0 Å². The van der Waals surface area contributed by atoms with E-state index < -0.39 is 0 Å². The van der Waals surface area contributed by atoms with Gasteiger partial charge in [0.15, 0.2) is 0 Å². The topological polar surface area (TPSA) is 20.3 Å². The summed E-state index contributed by atoms with van der Waals surface area (Å²) >= 11 is 8.77. The van der Waals surface area contributed by atoms with Crippen LogP contribution >= 0.6 is 27.5 Å². The molecule has 0 saturated heterocycles. The molecule has 2 nitrogen and oxygen atoms in total. The summed E-state index contributed by atoms with van der Waals surface area (Å²) in [6.45, 7) is 1.25. The van der Waals surface area contributed by atoms with Crippen LogP contribution in [0.4, 0.5) is 4.79 Å². The number of hydrogen-bond donors (Lipinski definition) is 0. The molecular formula is C9H7BrClNO. The predicted octanol–water partition coefficient (Wildman–Crippen LogP) is 3.12. The molecule has 0 bridgehead atoms. The van der Waals surface area contributed by atoms with E-state index in [1.807, 2.05) is 18.2 Å². The first-order chi connectivity index (χ1) is 6.16. The highest BCUT2D eigenvalue weighted by molar-refractivity contribution is 9.10. The van der Waals surface area contributed by atoms with Gasteiger partial charge in [-0.15, -0.1) is 0 Å². The first kappa shape index (κ1) is 9.03. The van der Waals surface area contributed by atoms with Gasteiger partial charge in [0, 0.05) is 17.6 Å². The molecule has 0 unspecified atom stereocenters. The standard InChI is InChI=1S/C9H7BrClNO/c10-8-2-1-6-4-12(9(11)13)5-7(6)3-8/h1-3H,4-5H2. The minimum Gasteiger partial charge on any atom is -0.321 e. The SMILES string of the molecule is O=C(Cl)N1Cc2ccc(Br)cc2C1. The molecule has 1 amide bonds. The fourth-order valence-corrected chi connectivity index (χ4v) is 2.02. The molecule has 1 aromatic rings. The van der Waals surface area contributed by atoms with Gasteiger partial charge in [0.25, 0.3) is 0 Å². The van der Waals surface area contributed by atoms with E-state index >= 15 is 0 Å². The highest BCUT2D eigenvalue weighted by Crippen LogP contribution is 2.26. The van der Waals surface area contributed by atoms with E-state index in [4.69, 9.17) is 11.6 Å². The summed E-state index contributed by atoms with van der Waals surface area (Å²) in [5.41, 5.74) is 2.35. The molecule has 0 spiro atoms. The van der Waals surface area contributed by atoms with Crippen LogP contribution in [-0.2, 0) is 13.1 Å². The molecule has 1 heterocycles. The van der Waals surface area contributed by atoms with Crippen LogP contribution in [-0.4, -0.2) is 10.3 Å². The maximum Gasteiger partial charge on any atom is 0.316 e. The van der Waals surface area contributed by atoms with Gasteiger partial charge < -0.3 is 4.90 Å². The molecule has 0 N–H and O–H groups in total. The normalized spacial score (nSPS) is 14.5. The molecule has 0 aromatic heterocycles. The van der Waals surface area contributed by atoms with Crippen molar-refractivity contribution in [3.05, 3.63) is 33.8 Å². The Bertz CT molecular complexity index is 367. The van der Waals surface area contributed by atoms with E-state index in [1.165, 1.54) is 11.1 Å². The number of hydrogen-bond acceptors (Lipinski definition) is 1. The number of carbonyl (C=O) groups excluding carboxylic acids is 1. The fourth-order valence-electron chi connectivity index (χ4n) is 1.49. The lowest BCUT2D eigenvalue weighted by Crippen LogP contribution is -2.18. The Morgan fingerprint density at radius 2 is 2.08 bits per heavy atom. The molecule has 4 heteroatoms. The zero-order valence-electron chi connectivity index (χ0n) is 6.76. The van der Waals surface area contributed by atoms with E-state index in [1.54, 1.807) is 4.90 Å². The van der Waals surface area contributed by atoms with Gasteiger partial charge in [-0.05, 0) is 34.9 Å². The number of halogens is 2. The Balaban J connectivity index is 2.30. The molecular weight excluding hydrogens is 253 g/mol. The third-order valence-corrected chi connectivity index (χ3v) is 2.87. The van der Waals surface area contributed by atoms with E-state index in [9.17, 15) is 4.79 Å². The average Bonchev–Trinajstić information content (AvgIpc) is 2.46. The van der Waals surface area contributed by atoms with E-state index in [0.717, 1.165) is 4.47 Å². The molecule has 0 aliphatic carbocycles. The Hall–Kier alpha value is -0.540. The number of fused-ring (bicyclic) bond motifs is 1. The lowest BCUT2D eigenvalue weighted by atomic mass is 10.1. The molecule has 1 aliphatic heterocycles. The number of benzene rings is 1. The average molecular weight is 261 g/mol. The smallest absolute Gasteiger partial charge is 0.316 e. The van der Waals surface area contributed by atoms with Gasteiger partial charge in [0.05, 0.1) is 0 Å². The molecule has 1 aliphatic rings. The Morgan fingerprint density at radius 3 is 2.77 bits per heavy atom. The Morgan fingerprint density at radius 1 is 1.38 bits per heavy atom. The van der Waals surface area contributed by atoms with Gasteiger partial charge in [-0.25, -0.2) is 0 Å². The number of amides is 1. The summed E-state index contributed by atoms with van der Waals surface area (Å²) in [5.74, 6) is 0. The molecule has 0 atom stereocenters. The highest BCUT2D eigenvalue weighted by Gasteiger charge is 2.21. The molecule has 2 rings (SSSR count). The first-order valence-electron chi connectivity index (χ1n) is 3.88. The van der Waals surface area contributed by atoms with Gasteiger partial charge in [0.1, 0.15) is 0 Å². The van der Waals surface area contributed by atoms with Crippen LogP contribution in [0.5, 0.6) is 0 Å². The number of rotatable bonds is 0. The highest BCUT2D eigenvalue weighted by atomic mass is 79.9. The second-order valence-electron chi connectivity index (χ2n) is 3.02. The molecule has 0 saturated carbocycles. The second-order valence-corrected chi connectivity index (χ2v) is 4.26. The summed E-state index contributed by atoms with van der Waals surface area (Å²) in [5, 5.41) is -0.382. The zero-order chi connectivity index (χ0) is 9.42. The summed E-state index contributed by atoms with van der Waals surface area (Å²) in [6, 6.07) is 6.01. The van der Waals surface area contributed by atoms with Crippen LogP contribution in [0.25, 0.3) is 0 Å². The third-order valence-electron chi connectivity index (χ3n) is 2.14. The quantitative estimate of drug-likeness (QED) is 0.518. The summed E-state index contributed by atoms with van der Waals surface area (Å²) in [6.07, 6.45) is 0. The lowest BCUT2D eigenvalue weighted by Gasteiger charge is -2.08. The van der Waals surface area contributed by atoms with Crippen LogP contribution in [0.3, 0.4) is 0 Å². The summed E-state index contributed by atoms with van der Waals surface area (Å²) < 4.78 is 1.04. The maximum atomic E-state index is 10.9. The monoisotopic (exact) mass is 259 g/mol. The van der Waals surface area contributed by atoms with Crippen molar-refractivity contribution < 1.29 is 4.79 Å². The number of nitrogens with zero attached hydrogens (tertiary/aromatic N) is 1. The van der Waals surface area contributed by atoms with Crippen molar-refractivity contribution in [3.63, 3.8) is 0 Å². The van der Waals surface area contributed by atoms with Crippen LogP contribution in [0.1, 0.15) is 11.1 Å². The van der Waals surface area contributed by atoms with Gasteiger partial charge in [0.2, 0.25) is 0 Å². The summed E-state index contributed by atoms with van der Waals surface area (Å²) in [4.78, 5) is 12.5. The minimum absolute atomic E-state index is 0.382. The van der Waals surface area contributed by atoms with Crippen molar-refractivity contribution in [2.45, 2.75) is 13.1 Å². The van der Waals surface area contributed by atoms with Gasteiger partial charge in [-0.2, -0.15) is 0 Å². The maximum absolute atomic E-state index is 10.9. The van der Waals surface area contributed by atoms with Gasteiger partial charge in [-0.3, -0.25) is 4.79 Å². The lowest BCUT2D eigenvalue weighted by molar-refractivity contribution is 0.223. The Kier molecular flexibility index (Phi) is 2.30. The van der Waals surface area contributed by atoms with E-state index in [0.29, 0.717) is 13.1 Å². The van der Waals surface area contributed by atoms with Crippen LogP contribution < -0.4 is 0 Å². The van der Waals surface area contributed by atoms with Gasteiger partial charge >= 0.3 is 5.37 Å². The molecule has 1 aromatic carbocycles.